The standard InChI is InChI=1S/C22H31N7O.2CH2O2/c1-15-9-21(25-14-24-15)28-12-16-10-17(13-28)20(29-8-4-3-5-18(16)29)11-23-22(30)19-6-7-26-27(19)2;2*2-1-3/h6-7,9,14,16-18,20H,3-5,8,10-13H2,1-2H3,(H,23,30);2*1H,(H,2,3)/t16-,17+,18+,20+;;/m1../s1. The van der Waals surface area contributed by atoms with Crippen LogP contribution in [0.15, 0.2) is 24.7 Å². The van der Waals surface area contributed by atoms with E-state index in [0.717, 1.165) is 31.1 Å². The Morgan fingerprint density at radius 3 is 2.56 bits per heavy atom. The Bertz CT molecular complexity index is 1010. The maximum absolute atomic E-state index is 12.7. The average molecular weight is 502 g/mol. The van der Waals surface area contributed by atoms with E-state index in [9.17, 15) is 4.79 Å². The number of fused-ring (bicyclic) bond motifs is 4. The summed E-state index contributed by atoms with van der Waals surface area (Å²) < 4.78 is 1.63. The number of piperidine rings is 3. The van der Waals surface area contributed by atoms with Crippen molar-refractivity contribution in [3.63, 3.8) is 0 Å². The molecule has 5 heterocycles. The number of carbonyl (C=O) groups is 3. The van der Waals surface area contributed by atoms with E-state index in [4.69, 9.17) is 19.8 Å². The molecule has 12 nitrogen and oxygen atoms in total. The molecule has 36 heavy (non-hydrogen) atoms. The van der Waals surface area contributed by atoms with Crippen LogP contribution in [0.2, 0.25) is 0 Å². The third kappa shape index (κ3) is 6.36. The maximum Gasteiger partial charge on any atom is 0.290 e. The molecule has 12 heteroatoms. The average Bonchev–Trinajstić information content (AvgIpc) is 3.30. The van der Waals surface area contributed by atoms with Gasteiger partial charge < -0.3 is 20.4 Å². The number of carboxylic acid groups (broad SMARTS) is 2. The summed E-state index contributed by atoms with van der Waals surface area (Å²) >= 11 is 0. The molecule has 3 N–H and O–H groups in total. The van der Waals surface area contributed by atoms with Crippen LogP contribution in [0.5, 0.6) is 0 Å². The van der Waals surface area contributed by atoms with Crippen molar-refractivity contribution in [2.75, 3.05) is 31.1 Å². The van der Waals surface area contributed by atoms with Gasteiger partial charge in [-0.3, -0.25) is 24.0 Å². The first-order valence-corrected chi connectivity index (χ1v) is 12.1. The molecule has 2 aromatic rings. The van der Waals surface area contributed by atoms with Crippen molar-refractivity contribution in [3.05, 3.63) is 36.0 Å². The molecule has 4 atom stereocenters. The predicted octanol–water partition coefficient (Wildman–Crippen LogP) is 1.03. The zero-order valence-electron chi connectivity index (χ0n) is 20.7. The number of hydrogen-bond acceptors (Lipinski definition) is 8. The maximum atomic E-state index is 12.7. The van der Waals surface area contributed by atoms with E-state index in [0.29, 0.717) is 36.2 Å². The highest BCUT2D eigenvalue weighted by molar-refractivity contribution is 5.92. The van der Waals surface area contributed by atoms with Crippen molar-refractivity contribution in [3.8, 4) is 0 Å². The molecule has 3 fully saturated rings. The minimum absolute atomic E-state index is 0.0372. The number of amides is 1. The van der Waals surface area contributed by atoms with Crippen molar-refractivity contribution >= 4 is 24.7 Å². The van der Waals surface area contributed by atoms with E-state index in [1.54, 1.807) is 23.3 Å². The summed E-state index contributed by atoms with van der Waals surface area (Å²) in [4.78, 5) is 43.4. The van der Waals surface area contributed by atoms with Crippen LogP contribution in [0.4, 0.5) is 5.82 Å². The minimum Gasteiger partial charge on any atom is -0.483 e. The third-order valence-electron chi connectivity index (χ3n) is 7.26. The highest BCUT2D eigenvalue weighted by atomic mass is 16.3. The molecule has 0 radical (unpaired) electrons. The summed E-state index contributed by atoms with van der Waals surface area (Å²) in [7, 11) is 1.81. The first-order chi connectivity index (χ1) is 17.4. The van der Waals surface area contributed by atoms with Crippen molar-refractivity contribution in [1.82, 2.24) is 30.0 Å². The van der Waals surface area contributed by atoms with Gasteiger partial charge in [-0.1, -0.05) is 6.42 Å². The number of aryl methyl sites for hydroxylation is 2. The zero-order chi connectivity index (χ0) is 26.1. The summed E-state index contributed by atoms with van der Waals surface area (Å²) in [5.41, 5.74) is 1.62. The van der Waals surface area contributed by atoms with E-state index in [1.807, 2.05) is 14.0 Å². The third-order valence-corrected chi connectivity index (χ3v) is 7.26. The number of hydrogen-bond donors (Lipinski definition) is 3. The van der Waals surface area contributed by atoms with Crippen molar-refractivity contribution in [2.24, 2.45) is 18.9 Å². The van der Waals surface area contributed by atoms with E-state index in [2.05, 4.69) is 36.2 Å². The quantitative estimate of drug-likeness (QED) is 0.518. The smallest absolute Gasteiger partial charge is 0.290 e. The van der Waals surface area contributed by atoms with Crippen LogP contribution >= 0.6 is 0 Å². The summed E-state index contributed by atoms with van der Waals surface area (Å²) in [6.45, 7) is 5.42. The second-order valence-electron chi connectivity index (χ2n) is 9.31. The van der Waals surface area contributed by atoms with E-state index >= 15 is 0 Å². The molecule has 0 unspecified atom stereocenters. The molecule has 0 aromatic carbocycles. The van der Waals surface area contributed by atoms with Gasteiger partial charge in [-0.15, -0.1) is 0 Å². The van der Waals surface area contributed by atoms with Crippen LogP contribution < -0.4 is 10.2 Å². The first kappa shape index (κ1) is 27.1. The molecule has 3 aliphatic heterocycles. The second-order valence-corrected chi connectivity index (χ2v) is 9.31. The first-order valence-electron chi connectivity index (χ1n) is 12.1. The summed E-state index contributed by atoms with van der Waals surface area (Å²) in [5.74, 6) is 2.20. The van der Waals surface area contributed by atoms with Crippen LogP contribution in [0.1, 0.15) is 41.9 Å². The summed E-state index contributed by atoms with van der Waals surface area (Å²) in [6, 6.07) is 4.85. The second kappa shape index (κ2) is 13.0. The fraction of sp³-hybridized carbons (Fsp3) is 0.583. The SMILES string of the molecule is Cc1cc(N2C[C@H]3C[C@@H](C2)[C@H](CNC(=O)c2ccnn2C)N2CCCC[C@@H]32)ncn1.O=CO.O=CO. The molecule has 3 aliphatic rings. The lowest BCUT2D eigenvalue weighted by molar-refractivity contribution is -0.123. The van der Waals surface area contributed by atoms with Crippen LogP contribution in [-0.4, -0.2) is 92.0 Å². The van der Waals surface area contributed by atoms with Crippen LogP contribution in [0.25, 0.3) is 0 Å². The molecule has 2 bridgehead atoms. The van der Waals surface area contributed by atoms with Gasteiger partial charge in [-0.05, 0) is 50.6 Å². The molecule has 0 saturated carbocycles. The van der Waals surface area contributed by atoms with Crippen LogP contribution in [-0.2, 0) is 16.6 Å². The minimum atomic E-state index is -0.250. The van der Waals surface area contributed by atoms with Gasteiger partial charge in [-0.2, -0.15) is 5.10 Å². The highest BCUT2D eigenvalue weighted by Crippen LogP contribution is 2.41. The zero-order valence-corrected chi connectivity index (χ0v) is 20.7. The van der Waals surface area contributed by atoms with Gasteiger partial charge in [0.15, 0.2) is 0 Å². The van der Waals surface area contributed by atoms with E-state index in [1.165, 1.54) is 25.7 Å². The van der Waals surface area contributed by atoms with Crippen molar-refractivity contribution < 1.29 is 24.6 Å². The molecular weight excluding hydrogens is 466 g/mol. The number of nitrogens with zero attached hydrogens (tertiary/aromatic N) is 6. The normalized spacial score (nSPS) is 24.7. The Hall–Kier alpha value is -3.54. The Balaban J connectivity index is 0.000000550. The molecule has 1 amide bonds. The van der Waals surface area contributed by atoms with Gasteiger partial charge in [0, 0.05) is 56.7 Å². The number of nitrogens with one attached hydrogen (secondary N) is 1. The largest absolute Gasteiger partial charge is 0.483 e. The molecular formula is C24H35N7O5. The molecule has 0 spiro atoms. The fourth-order valence-corrected chi connectivity index (χ4v) is 5.87. The molecule has 3 saturated heterocycles. The molecule has 5 rings (SSSR count). The number of rotatable bonds is 4. The fourth-order valence-electron chi connectivity index (χ4n) is 5.87. The van der Waals surface area contributed by atoms with Gasteiger partial charge in [0.05, 0.1) is 0 Å². The topological polar surface area (TPSA) is 154 Å². The molecule has 0 aliphatic carbocycles. The van der Waals surface area contributed by atoms with Gasteiger partial charge in [0.2, 0.25) is 0 Å². The number of aromatic nitrogens is 4. The van der Waals surface area contributed by atoms with Gasteiger partial charge in [-0.25, -0.2) is 9.97 Å². The van der Waals surface area contributed by atoms with Crippen LogP contribution in [0.3, 0.4) is 0 Å². The lowest BCUT2D eigenvalue weighted by Crippen LogP contribution is -2.65. The lowest BCUT2D eigenvalue weighted by atomic mass is 9.72. The Morgan fingerprint density at radius 1 is 1.17 bits per heavy atom. The number of anilines is 1. The van der Waals surface area contributed by atoms with Crippen LogP contribution in [0, 0.1) is 18.8 Å². The Kier molecular flexibility index (Phi) is 9.74. The predicted molar refractivity (Wildman–Crippen MR) is 132 cm³/mol. The molecule has 2 aromatic heterocycles. The number of carbonyl (C=O) groups excluding carboxylic acids is 1. The van der Waals surface area contributed by atoms with Gasteiger partial charge in [0.25, 0.3) is 18.9 Å². The van der Waals surface area contributed by atoms with Crippen molar-refractivity contribution in [2.45, 2.75) is 44.7 Å². The lowest BCUT2D eigenvalue weighted by Gasteiger charge is -2.57. The van der Waals surface area contributed by atoms with Gasteiger partial charge >= 0.3 is 0 Å². The van der Waals surface area contributed by atoms with E-state index < -0.39 is 0 Å². The molecule has 196 valence electrons. The Morgan fingerprint density at radius 2 is 1.89 bits per heavy atom. The van der Waals surface area contributed by atoms with Crippen molar-refractivity contribution in [1.29, 1.82) is 0 Å². The monoisotopic (exact) mass is 501 g/mol. The Labute approximate surface area is 210 Å². The summed E-state index contributed by atoms with van der Waals surface area (Å²) in [6.07, 6.45) is 8.42. The van der Waals surface area contributed by atoms with Gasteiger partial charge in [0.1, 0.15) is 17.8 Å². The summed E-state index contributed by atoms with van der Waals surface area (Å²) in [5, 5.41) is 21.1. The van der Waals surface area contributed by atoms with E-state index in [-0.39, 0.29) is 18.9 Å². The highest BCUT2D eigenvalue weighted by Gasteiger charge is 2.47.